The maximum Gasteiger partial charge on any atom is 0.291 e. The zero-order chi connectivity index (χ0) is 10.3. The van der Waals surface area contributed by atoms with Crippen molar-refractivity contribution in [2.24, 2.45) is 5.84 Å². The molecule has 0 fully saturated rings. The molecular formula is C5H11N5O3. The van der Waals surface area contributed by atoms with E-state index in [1.165, 1.54) is 5.12 Å². The van der Waals surface area contributed by atoms with Crippen LogP contribution in [0.1, 0.15) is 0 Å². The summed E-state index contributed by atoms with van der Waals surface area (Å²) in [5.74, 6) is 5.31. The number of nitrogens with one attached hydrogen (secondary N) is 1. The van der Waals surface area contributed by atoms with Gasteiger partial charge in [0, 0.05) is 6.20 Å². The van der Waals surface area contributed by atoms with Crippen molar-refractivity contribution in [2.75, 3.05) is 6.54 Å². The molecule has 8 heteroatoms. The van der Waals surface area contributed by atoms with E-state index in [1.54, 1.807) is 12.3 Å². The van der Waals surface area contributed by atoms with Gasteiger partial charge in [0.05, 0.1) is 12.7 Å². The molecule has 74 valence electrons. The largest absolute Gasteiger partial charge is 0.328 e. The molecule has 8 nitrogen and oxygen atoms in total. The molecule has 0 aromatic heterocycles. The first kappa shape index (κ1) is 11.2. The second kappa shape index (κ2) is 5.80. The number of nitrogens with two attached hydrogens (primary N) is 1. The van der Waals surface area contributed by atoms with Crippen LogP contribution in [-0.2, 0) is 0 Å². The summed E-state index contributed by atoms with van der Waals surface area (Å²) in [7, 11) is 0. The van der Waals surface area contributed by atoms with Crippen LogP contribution in [0.2, 0.25) is 0 Å². The van der Waals surface area contributed by atoms with Crippen molar-refractivity contribution in [1.82, 2.24) is 15.7 Å². The first-order chi connectivity index (χ1) is 6.06. The minimum Gasteiger partial charge on any atom is -0.328 e. The molecule has 0 saturated heterocycles. The van der Waals surface area contributed by atoms with Gasteiger partial charge < -0.3 is 5.21 Å². The van der Waals surface area contributed by atoms with Gasteiger partial charge in [-0.1, -0.05) is 6.08 Å². The van der Waals surface area contributed by atoms with E-state index in [-0.39, 0.29) is 0 Å². The molecule has 0 bridgehead atoms. The molecule has 0 aromatic carbocycles. The van der Waals surface area contributed by atoms with E-state index in [0.717, 1.165) is 6.54 Å². The lowest BCUT2D eigenvalue weighted by atomic mass is 10.6. The van der Waals surface area contributed by atoms with E-state index in [9.17, 15) is 0 Å². The van der Waals surface area contributed by atoms with Gasteiger partial charge in [-0.2, -0.15) is 0 Å². The fourth-order valence-corrected chi connectivity index (χ4v) is 0.608. The molecule has 1 aliphatic rings. The van der Waals surface area contributed by atoms with Gasteiger partial charge in [0.15, 0.2) is 0 Å². The van der Waals surface area contributed by atoms with Gasteiger partial charge in [-0.05, 0) is 0 Å². The zero-order valence-corrected chi connectivity index (χ0v) is 6.83. The molecule has 0 radical (unpaired) electrons. The van der Waals surface area contributed by atoms with E-state index in [2.05, 4.69) is 12.1 Å². The molecule has 0 amide bonds. The summed E-state index contributed by atoms with van der Waals surface area (Å²) in [4.78, 5) is 8.36. The van der Waals surface area contributed by atoms with E-state index < -0.39 is 5.09 Å². The molecule has 1 aliphatic heterocycles. The molecule has 1 heterocycles. The number of hydrazine groups is 3. The van der Waals surface area contributed by atoms with Crippen LogP contribution in [0.5, 0.6) is 0 Å². The maximum absolute atomic E-state index is 8.36. The van der Waals surface area contributed by atoms with Crippen LogP contribution >= 0.6 is 0 Å². The SMILES string of the molecule is C=CCN1C=CN(N)N1.O=[N+]([O-])O. The predicted octanol–water partition coefficient (Wildman–Crippen LogP) is -0.793. The van der Waals surface area contributed by atoms with Gasteiger partial charge in [0.1, 0.15) is 0 Å². The Kier molecular flexibility index (Phi) is 5.00. The Labute approximate surface area is 74.5 Å². The summed E-state index contributed by atoms with van der Waals surface area (Å²) in [6.07, 6.45) is 5.35. The van der Waals surface area contributed by atoms with Crippen molar-refractivity contribution in [2.45, 2.75) is 0 Å². The molecule has 1 rings (SSSR count). The highest BCUT2D eigenvalue weighted by atomic mass is 16.9. The molecule has 0 saturated carbocycles. The highest BCUT2D eigenvalue weighted by molar-refractivity contribution is 4.86. The second-order valence-corrected chi connectivity index (χ2v) is 1.98. The topological polar surface area (TPSA) is 108 Å². The molecule has 0 unspecified atom stereocenters. The van der Waals surface area contributed by atoms with Gasteiger partial charge >= 0.3 is 0 Å². The fraction of sp³-hybridized carbons (Fsp3) is 0.200. The lowest BCUT2D eigenvalue weighted by Gasteiger charge is -2.16. The van der Waals surface area contributed by atoms with Gasteiger partial charge in [-0.15, -0.1) is 22.2 Å². The minimum absolute atomic E-state index is 0.754. The molecule has 0 aromatic rings. The smallest absolute Gasteiger partial charge is 0.291 e. The number of hydrogen-bond acceptors (Lipinski definition) is 6. The Bertz CT molecular complexity index is 202. The van der Waals surface area contributed by atoms with E-state index in [4.69, 9.17) is 21.2 Å². The third kappa shape index (κ3) is 6.59. The lowest BCUT2D eigenvalue weighted by Crippen LogP contribution is -2.43. The second-order valence-electron chi connectivity index (χ2n) is 1.98. The van der Waals surface area contributed by atoms with E-state index in [0.29, 0.717) is 0 Å². The Morgan fingerprint density at radius 2 is 2.31 bits per heavy atom. The third-order valence-corrected chi connectivity index (χ3v) is 0.977. The third-order valence-electron chi connectivity index (χ3n) is 0.977. The minimum atomic E-state index is -1.50. The van der Waals surface area contributed by atoms with Crippen LogP contribution < -0.4 is 11.4 Å². The van der Waals surface area contributed by atoms with Crippen LogP contribution in [0.25, 0.3) is 0 Å². The van der Waals surface area contributed by atoms with Gasteiger partial charge in [0.25, 0.3) is 5.09 Å². The maximum atomic E-state index is 8.36. The van der Waals surface area contributed by atoms with Crippen molar-refractivity contribution in [3.05, 3.63) is 35.2 Å². The van der Waals surface area contributed by atoms with Crippen LogP contribution in [0, 0.1) is 10.1 Å². The fourth-order valence-electron chi connectivity index (χ4n) is 0.608. The molecule has 4 N–H and O–H groups in total. The van der Waals surface area contributed by atoms with Crippen molar-refractivity contribution in [3.8, 4) is 0 Å². The molecule has 0 atom stereocenters. The molecule has 0 aliphatic carbocycles. The Balaban J connectivity index is 0.000000310. The summed E-state index contributed by atoms with van der Waals surface area (Å²) in [6, 6.07) is 0. The van der Waals surface area contributed by atoms with Crippen molar-refractivity contribution in [3.63, 3.8) is 0 Å². The van der Waals surface area contributed by atoms with Gasteiger partial charge in [-0.25, -0.2) is 11.0 Å². The van der Waals surface area contributed by atoms with E-state index in [1.807, 2.05) is 11.2 Å². The van der Waals surface area contributed by atoms with E-state index >= 15 is 0 Å². The predicted molar refractivity (Wildman–Crippen MR) is 44.0 cm³/mol. The number of hydrogen-bond donors (Lipinski definition) is 3. The highest BCUT2D eigenvalue weighted by Crippen LogP contribution is 1.93. The van der Waals surface area contributed by atoms with Crippen LogP contribution in [0.4, 0.5) is 0 Å². The summed E-state index contributed by atoms with van der Waals surface area (Å²) in [5, 5.41) is 16.8. The average molecular weight is 189 g/mol. The normalized spacial score (nSPS) is 13.6. The standard InChI is InChI=1S/C5H10N4.HNO3/c1-2-3-8-4-5-9(6)7-8;2-1(3)4/h2,4-5,7H,1,3,6H2;(H,2,3,4). The summed E-state index contributed by atoms with van der Waals surface area (Å²) < 4.78 is 0. The average Bonchev–Trinajstić information content (AvgIpc) is 2.35. The Hall–Kier alpha value is -1.80. The molecular weight excluding hydrogens is 178 g/mol. The summed E-state index contributed by atoms with van der Waals surface area (Å²) >= 11 is 0. The zero-order valence-electron chi connectivity index (χ0n) is 6.83. The highest BCUT2D eigenvalue weighted by Gasteiger charge is 2.03. The van der Waals surface area contributed by atoms with Crippen molar-refractivity contribution in [1.29, 1.82) is 0 Å². The van der Waals surface area contributed by atoms with Gasteiger partial charge in [-0.3, -0.25) is 5.01 Å². The number of rotatable bonds is 2. The quantitative estimate of drug-likeness (QED) is 0.226. The lowest BCUT2D eigenvalue weighted by molar-refractivity contribution is -0.742. The van der Waals surface area contributed by atoms with Crippen LogP contribution in [-0.4, -0.2) is 27.0 Å². The molecule has 0 spiro atoms. The van der Waals surface area contributed by atoms with Crippen molar-refractivity contribution < 1.29 is 10.3 Å². The van der Waals surface area contributed by atoms with Crippen molar-refractivity contribution >= 4 is 0 Å². The summed E-state index contributed by atoms with van der Waals surface area (Å²) in [6.45, 7) is 4.33. The molecule has 13 heavy (non-hydrogen) atoms. The van der Waals surface area contributed by atoms with Crippen LogP contribution in [0.15, 0.2) is 25.1 Å². The number of nitrogens with zero attached hydrogens (tertiary/aromatic N) is 3. The van der Waals surface area contributed by atoms with Gasteiger partial charge in [0.2, 0.25) is 0 Å². The Morgan fingerprint density at radius 3 is 2.62 bits per heavy atom. The monoisotopic (exact) mass is 189 g/mol. The van der Waals surface area contributed by atoms with Crippen LogP contribution in [0.3, 0.4) is 0 Å². The Morgan fingerprint density at radius 1 is 1.77 bits per heavy atom. The first-order valence-corrected chi connectivity index (χ1v) is 3.25. The summed E-state index contributed by atoms with van der Waals surface area (Å²) in [5.41, 5.74) is 2.82. The first-order valence-electron chi connectivity index (χ1n) is 3.25.